The molecule has 0 aliphatic rings. The molecule has 5 nitrogen and oxygen atoms in total. The van der Waals surface area contributed by atoms with Crippen LogP contribution < -0.4 is 5.73 Å². The summed E-state index contributed by atoms with van der Waals surface area (Å²) in [5.41, 5.74) is 5.98. The van der Waals surface area contributed by atoms with Gasteiger partial charge in [0.05, 0.1) is 0 Å². The van der Waals surface area contributed by atoms with Crippen molar-refractivity contribution in [2.45, 2.75) is 31.6 Å². The smallest absolute Gasteiger partial charge is 0.235 e. The fraction of sp³-hybridized carbons (Fsp3) is 0.238. The lowest BCUT2D eigenvalue weighted by Crippen LogP contribution is -2.43. The minimum Gasteiger partial charge on any atom is -0.369 e. The molecule has 0 aliphatic heterocycles. The summed E-state index contributed by atoms with van der Waals surface area (Å²) in [6.45, 7) is 1.99. The summed E-state index contributed by atoms with van der Waals surface area (Å²) >= 11 is 1.21. The number of halogens is 1. The number of benzene rings is 2. The number of aldehydes is 1. The van der Waals surface area contributed by atoms with Gasteiger partial charge in [-0.2, -0.15) is 0 Å². The van der Waals surface area contributed by atoms with E-state index in [-0.39, 0.29) is 5.56 Å². The fourth-order valence-corrected chi connectivity index (χ4v) is 4.27. The van der Waals surface area contributed by atoms with E-state index in [0.717, 1.165) is 18.3 Å². The van der Waals surface area contributed by atoms with Crippen LogP contribution in [0.25, 0.3) is 10.6 Å². The van der Waals surface area contributed by atoms with Crippen LogP contribution in [0.2, 0.25) is 0 Å². The first-order chi connectivity index (χ1) is 13.5. The van der Waals surface area contributed by atoms with Crippen LogP contribution in [0.5, 0.6) is 0 Å². The van der Waals surface area contributed by atoms with E-state index < -0.39 is 17.1 Å². The predicted molar refractivity (Wildman–Crippen MR) is 107 cm³/mol. The second-order valence-electron chi connectivity index (χ2n) is 6.51. The van der Waals surface area contributed by atoms with Crippen LogP contribution in [0.1, 0.15) is 47.1 Å². The number of nitrogens with zero attached hydrogens (tertiary/aromatic N) is 2. The average molecular weight is 397 g/mol. The van der Waals surface area contributed by atoms with Gasteiger partial charge in [-0.05, 0) is 12.5 Å². The molecule has 1 heterocycles. The Bertz CT molecular complexity index is 987. The van der Waals surface area contributed by atoms with Gasteiger partial charge in [-0.3, -0.25) is 9.59 Å². The van der Waals surface area contributed by atoms with Gasteiger partial charge in [0.2, 0.25) is 5.91 Å². The number of primary amides is 1. The zero-order valence-corrected chi connectivity index (χ0v) is 16.2. The molecule has 0 aliphatic carbocycles. The van der Waals surface area contributed by atoms with Crippen LogP contribution in [-0.2, 0) is 10.2 Å². The van der Waals surface area contributed by atoms with Crippen molar-refractivity contribution in [3.8, 4) is 10.6 Å². The molecule has 1 unspecified atom stereocenters. The Balaban J connectivity index is 2.13. The maximum Gasteiger partial charge on any atom is 0.235 e. The molecule has 3 rings (SSSR count). The molecule has 1 aromatic heterocycles. The zero-order valence-electron chi connectivity index (χ0n) is 15.4. The molecule has 2 aromatic carbocycles. The molecule has 0 saturated carbocycles. The molecule has 1 amide bonds. The molecule has 7 heteroatoms. The van der Waals surface area contributed by atoms with E-state index >= 15 is 0 Å². The number of unbranched alkanes of at least 4 members (excludes halogenated alkanes) is 1. The first-order valence-electron chi connectivity index (χ1n) is 8.97. The third-order valence-electron chi connectivity index (χ3n) is 4.74. The van der Waals surface area contributed by atoms with Gasteiger partial charge in [0.25, 0.3) is 0 Å². The van der Waals surface area contributed by atoms with Gasteiger partial charge in [-0.15, -0.1) is 10.2 Å². The van der Waals surface area contributed by atoms with Gasteiger partial charge in [0.1, 0.15) is 27.5 Å². The molecule has 144 valence electrons. The first-order valence-corrected chi connectivity index (χ1v) is 9.79. The topological polar surface area (TPSA) is 85.9 Å². The summed E-state index contributed by atoms with van der Waals surface area (Å²) in [6.07, 6.45) is 2.61. The molecule has 0 spiro atoms. The van der Waals surface area contributed by atoms with Gasteiger partial charge in [-0.1, -0.05) is 73.6 Å². The maximum absolute atomic E-state index is 14.7. The van der Waals surface area contributed by atoms with Crippen molar-refractivity contribution in [1.82, 2.24) is 10.2 Å². The lowest BCUT2D eigenvalue weighted by Gasteiger charge is -2.29. The average Bonchev–Trinajstić information content (AvgIpc) is 3.20. The van der Waals surface area contributed by atoms with E-state index in [0.29, 0.717) is 28.4 Å². The van der Waals surface area contributed by atoms with Crippen molar-refractivity contribution >= 4 is 23.5 Å². The van der Waals surface area contributed by atoms with Gasteiger partial charge in [-0.25, -0.2) is 4.39 Å². The molecule has 28 heavy (non-hydrogen) atoms. The number of amides is 1. The van der Waals surface area contributed by atoms with Crippen LogP contribution in [0.15, 0.2) is 48.5 Å². The third kappa shape index (κ3) is 3.57. The zero-order chi connectivity index (χ0) is 20.1. The van der Waals surface area contributed by atoms with Gasteiger partial charge in [0, 0.05) is 16.7 Å². The molecule has 0 fully saturated rings. The monoisotopic (exact) mass is 397 g/mol. The second kappa shape index (κ2) is 8.39. The van der Waals surface area contributed by atoms with Crippen LogP contribution in [-0.4, -0.2) is 22.4 Å². The summed E-state index contributed by atoms with van der Waals surface area (Å²) in [5, 5.41) is 9.38. The Kier molecular flexibility index (Phi) is 5.94. The number of rotatable bonds is 8. The van der Waals surface area contributed by atoms with Crippen molar-refractivity contribution in [1.29, 1.82) is 0 Å². The number of hydrogen-bond donors (Lipinski definition) is 1. The number of carbonyl (C=O) groups is 2. The summed E-state index contributed by atoms with van der Waals surface area (Å²) in [6, 6.07) is 13.0. The normalized spacial score (nSPS) is 13.1. The van der Waals surface area contributed by atoms with Crippen LogP contribution in [0.4, 0.5) is 4.39 Å². The summed E-state index contributed by atoms with van der Waals surface area (Å²) in [7, 11) is 0. The Hall–Kier alpha value is -2.93. The van der Waals surface area contributed by atoms with Gasteiger partial charge in [0.15, 0.2) is 0 Å². The van der Waals surface area contributed by atoms with Crippen LogP contribution >= 0.6 is 11.3 Å². The molecule has 0 radical (unpaired) electrons. The lowest BCUT2D eigenvalue weighted by atomic mass is 9.76. The summed E-state index contributed by atoms with van der Waals surface area (Å²) in [5.74, 6) is -1.14. The van der Waals surface area contributed by atoms with E-state index in [1.165, 1.54) is 17.4 Å². The lowest BCUT2D eigenvalue weighted by molar-refractivity contribution is -0.122. The Morgan fingerprint density at radius 3 is 2.50 bits per heavy atom. The highest BCUT2D eigenvalue weighted by atomic mass is 32.1. The van der Waals surface area contributed by atoms with Crippen molar-refractivity contribution in [3.05, 3.63) is 70.5 Å². The Morgan fingerprint density at radius 1 is 1.18 bits per heavy atom. The molecule has 0 saturated heterocycles. The van der Waals surface area contributed by atoms with Crippen molar-refractivity contribution < 1.29 is 14.0 Å². The summed E-state index contributed by atoms with van der Waals surface area (Å²) in [4.78, 5) is 23.5. The predicted octanol–water partition coefficient (Wildman–Crippen LogP) is 4.12. The van der Waals surface area contributed by atoms with E-state index in [4.69, 9.17) is 5.73 Å². The van der Waals surface area contributed by atoms with Crippen LogP contribution in [0, 0.1) is 5.82 Å². The minimum atomic E-state index is -1.37. The number of aromatic nitrogens is 2. The highest BCUT2D eigenvalue weighted by Gasteiger charge is 2.45. The molecular formula is C21H20FN3O2S. The second-order valence-corrected chi connectivity index (χ2v) is 7.48. The van der Waals surface area contributed by atoms with Crippen LogP contribution in [0.3, 0.4) is 0 Å². The highest BCUT2D eigenvalue weighted by molar-refractivity contribution is 7.15. The number of nitrogens with two attached hydrogens (primary N) is 1. The number of hydrogen-bond acceptors (Lipinski definition) is 5. The van der Waals surface area contributed by atoms with Gasteiger partial charge >= 0.3 is 0 Å². The Labute approximate surface area is 166 Å². The van der Waals surface area contributed by atoms with E-state index in [9.17, 15) is 14.0 Å². The molecule has 2 N–H and O–H groups in total. The summed E-state index contributed by atoms with van der Waals surface area (Å²) < 4.78 is 14.7. The van der Waals surface area contributed by atoms with Gasteiger partial charge < -0.3 is 5.73 Å². The molecule has 3 aromatic rings. The van der Waals surface area contributed by atoms with E-state index in [1.54, 1.807) is 42.5 Å². The van der Waals surface area contributed by atoms with Crippen molar-refractivity contribution in [2.75, 3.05) is 0 Å². The Morgan fingerprint density at radius 2 is 1.89 bits per heavy atom. The largest absolute Gasteiger partial charge is 0.369 e. The SMILES string of the molecule is CCCCC(C(N)=O)(c1nnc(-c2ccc(C=O)cc2)s1)c1ccccc1F. The molecule has 0 bridgehead atoms. The minimum absolute atomic E-state index is 0.218. The van der Waals surface area contributed by atoms with Crippen molar-refractivity contribution in [3.63, 3.8) is 0 Å². The maximum atomic E-state index is 14.7. The molecular weight excluding hydrogens is 377 g/mol. The highest BCUT2D eigenvalue weighted by Crippen LogP contribution is 2.41. The quantitative estimate of drug-likeness (QED) is 0.580. The third-order valence-corrected chi connectivity index (χ3v) is 5.88. The first kappa shape index (κ1) is 19.8. The number of carbonyl (C=O) groups excluding carboxylic acids is 2. The van der Waals surface area contributed by atoms with E-state index in [2.05, 4.69) is 10.2 Å². The van der Waals surface area contributed by atoms with Crippen molar-refractivity contribution in [2.24, 2.45) is 5.73 Å². The standard InChI is InChI=1S/C21H20FN3O2S/c1-2-3-12-21(19(23)27,16-6-4-5-7-17(16)22)20-25-24-18(28-20)15-10-8-14(13-26)9-11-15/h4-11,13H,2-3,12H2,1H3,(H2,23,27). The molecule has 1 atom stereocenters. The van der Waals surface area contributed by atoms with E-state index in [1.807, 2.05) is 6.92 Å². The fourth-order valence-electron chi connectivity index (χ4n) is 3.18.